The van der Waals surface area contributed by atoms with Gasteiger partial charge < -0.3 is 0 Å². The lowest BCUT2D eigenvalue weighted by atomic mass is 9.85. The van der Waals surface area contributed by atoms with Crippen LogP contribution in [0.15, 0.2) is 0 Å². The number of hydrogen-bond acceptors (Lipinski definition) is 2. The Hall–Kier alpha value is -0.370. The second-order valence-corrected chi connectivity index (χ2v) is 7.16. The van der Waals surface area contributed by atoms with Crippen molar-refractivity contribution in [1.29, 1.82) is 0 Å². The molecule has 1 aliphatic heterocycles. The van der Waals surface area contributed by atoms with Crippen LogP contribution in [0.3, 0.4) is 0 Å². The quantitative estimate of drug-likeness (QED) is 0.712. The maximum atomic E-state index is 12.5. The van der Waals surface area contributed by atoms with Crippen LogP contribution in [0.4, 0.5) is 0 Å². The minimum Gasteiger partial charge on any atom is -0.298 e. The monoisotopic (exact) mass is 253 g/mol. The molecule has 2 heteroatoms. The van der Waals surface area contributed by atoms with Gasteiger partial charge in [0.05, 0.1) is 5.54 Å². The Morgan fingerprint density at radius 1 is 1.11 bits per heavy atom. The third-order valence-corrected chi connectivity index (χ3v) is 4.42. The van der Waals surface area contributed by atoms with E-state index in [0.29, 0.717) is 11.2 Å². The minimum absolute atomic E-state index is 0.200. The van der Waals surface area contributed by atoms with E-state index >= 15 is 0 Å². The van der Waals surface area contributed by atoms with Crippen LogP contribution in [0.25, 0.3) is 0 Å². The molecule has 18 heavy (non-hydrogen) atoms. The first-order chi connectivity index (χ1) is 8.29. The molecule has 0 aromatic rings. The van der Waals surface area contributed by atoms with E-state index in [-0.39, 0.29) is 5.54 Å². The molecule has 1 saturated heterocycles. The van der Waals surface area contributed by atoms with Gasteiger partial charge in [0.1, 0.15) is 0 Å². The molecule has 0 aliphatic carbocycles. The summed E-state index contributed by atoms with van der Waals surface area (Å²) in [5.74, 6) is 0.455. The third kappa shape index (κ3) is 4.08. The molecule has 1 aliphatic rings. The minimum atomic E-state index is -0.200. The smallest absolute Gasteiger partial charge is 0.152 e. The summed E-state index contributed by atoms with van der Waals surface area (Å²) in [7, 11) is 0. The number of ketones is 1. The Kier molecular flexibility index (Phi) is 5.39. The lowest BCUT2D eigenvalue weighted by molar-refractivity contribution is -0.130. The first kappa shape index (κ1) is 15.7. The average Bonchev–Trinajstić information content (AvgIpc) is 2.79. The molecule has 1 heterocycles. The Bertz CT molecular complexity index is 273. The number of hydrogen-bond donors (Lipinski definition) is 0. The van der Waals surface area contributed by atoms with Crippen LogP contribution >= 0.6 is 0 Å². The van der Waals surface area contributed by atoms with Crippen molar-refractivity contribution < 1.29 is 4.79 Å². The molecule has 0 amide bonds. The standard InChI is InChI=1S/C16H31NO/c1-6-16(5,17-12-7-8-13-17)14(18)10-9-11-15(2,3)4/h6-13H2,1-5H3. The fourth-order valence-corrected chi connectivity index (χ4v) is 2.86. The SMILES string of the molecule is CCC(C)(C(=O)CCCC(C)(C)C)N1CCCC1. The molecule has 106 valence electrons. The van der Waals surface area contributed by atoms with Crippen LogP contribution in [0.5, 0.6) is 0 Å². The Labute approximate surface area is 113 Å². The summed E-state index contributed by atoms with van der Waals surface area (Å²) >= 11 is 0. The van der Waals surface area contributed by atoms with Crippen LogP contribution in [-0.4, -0.2) is 29.3 Å². The van der Waals surface area contributed by atoms with Crippen molar-refractivity contribution in [2.75, 3.05) is 13.1 Å². The van der Waals surface area contributed by atoms with Gasteiger partial charge in [-0.1, -0.05) is 27.7 Å². The van der Waals surface area contributed by atoms with Crippen LogP contribution < -0.4 is 0 Å². The van der Waals surface area contributed by atoms with Gasteiger partial charge >= 0.3 is 0 Å². The lowest BCUT2D eigenvalue weighted by Crippen LogP contribution is -2.50. The van der Waals surface area contributed by atoms with Gasteiger partial charge in [-0.25, -0.2) is 0 Å². The van der Waals surface area contributed by atoms with Gasteiger partial charge in [0.25, 0.3) is 0 Å². The summed E-state index contributed by atoms with van der Waals surface area (Å²) in [6.45, 7) is 13.3. The molecular formula is C16H31NO. The molecule has 1 unspecified atom stereocenters. The van der Waals surface area contributed by atoms with E-state index < -0.39 is 0 Å². The highest BCUT2D eigenvalue weighted by atomic mass is 16.1. The number of Topliss-reactive ketones (excluding diaryl/α,β-unsaturated/α-hetero) is 1. The van der Waals surface area contributed by atoms with Crippen LogP contribution in [0.2, 0.25) is 0 Å². The van der Waals surface area contributed by atoms with Gasteiger partial charge in [0.15, 0.2) is 5.78 Å². The van der Waals surface area contributed by atoms with E-state index in [0.717, 1.165) is 38.8 Å². The summed E-state index contributed by atoms with van der Waals surface area (Å²) < 4.78 is 0. The van der Waals surface area contributed by atoms with Gasteiger partial charge in [-0.2, -0.15) is 0 Å². The fourth-order valence-electron chi connectivity index (χ4n) is 2.86. The summed E-state index contributed by atoms with van der Waals surface area (Å²) in [5.41, 5.74) is 0.144. The number of nitrogens with zero attached hydrogens (tertiary/aromatic N) is 1. The molecule has 0 bridgehead atoms. The van der Waals surface area contributed by atoms with E-state index in [1.165, 1.54) is 12.8 Å². The van der Waals surface area contributed by atoms with Gasteiger partial charge in [-0.3, -0.25) is 9.69 Å². The zero-order valence-electron chi connectivity index (χ0n) is 13.0. The molecule has 0 N–H and O–H groups in total. The molecule has 0 aromatic carbocycles. The molecule has 1 atom stereocenters. The Morgan fingerprint density at radius 3 is 2.11 bits per heavy atom. The number of carbonyl (C=O) groups excluding carboxylic acids is 1. The van der Waals surface area contributed by atoms with Gasteiger partial charge in [0, 0.05) is 6.42 Å². The Morgan fingerprint density at radius 2 is 1.67 bits per heavy atom. The van der Waals surface area contributed by atoms with Crippen molar-refractivity contribution in [3.63, 3.8) is 0 Å². The lowest BCUT2D eigenvalue weighted by Gasteiger charge is -2.37. The third-order valence-electron chi connectivity index (χ3n) is 4.42. The van der Waals surface area contributed by atoms with Crippen LogP contribution in [0, 0.1) is 5.41 Å². The van der Waals surface area contributed by atoms with Crippen molar-refractivity contribution >= 4 is 5.78 Å². The molecular weight excluding hydrogens is 222 g/mol. The zero-order chi connectivity index (χ0) is 13.8. The summed E-state index contributed by atoms with van der Waals surface area (Å²) in [6, 6.07) is 0. The fraction of sp³-hybridized carbons (Fsp3) is 0.938. The number of likely N-dealkylation sites (tertiary alicyclic amines) is 1. The number of carbonyl (C=O) groups is 1. The maximum absolute atomic E-state index is 12.5. The first-order valence-corrected chi connectivity index (χ1v) is 7.58. The van der Waals surface area contributed by atoms with Crippen molar-refractivity contribution in [2.24, 2.45) is 5.41 Å². The summed E-state index contributed by atoms with van der Waals surface area (Å²) in [5, 5.41) is 0. The van der Waals surface area contributed by atoms with Crippen molar-refractivity contribution in [3.8, 4) is 0 Å². The molecule has 1 rings (SSSR count). The predicted octanol–water partition coefficient (Wildman–Crippen LogP) is 4.04. The van der Waals surface area contributed by atoms with Gasteiger partial charge in [-0.15, -0.1) is 0 Å². The highest BCUT2D eigenvalue weighted by Gasteiger charge is 2.37. The number of rotatable bonds is 6. The molecule has 0 spiro atoms. The van der Waals surface area contributed by atoms with Crippen molar-refractivity contribution in [3.05, 3.63) is 0 Å². The average molecular weight is 253 g/mol. The maximum Gasteiger partial charge on any atom is 0.152 e. The highest BCUT2D eigenvalue weighted by Crippen LogP contribution is 2.29. The van der Waals surface area contributed by atoms with E-state index in [2.05, 4.69) is 39.5 Å². The van der Waals surface area contributed by atoms with Crippen LogP contribution in [0.1, 0.15) is 73.1 Å². The van der Waals surface area contributed by atoms with Gasteiger partial charge in [0.2, 0.25) is 0 Å². The second kappa shape index (κ2) is 6.18. The first-order valence-electron chi connectivity index (χ1n) is 7.58. The van der Waals surface area contributed by atoms with E-state index in [9.17, 15) is 4.79 Å². The van der Waals surface area contributed by atoms with Crippen molar-refractivity contribution in [2.45, 2.75) is 78.7 Å². The van der Waals surface area contributed by atoms with E-state index in [4.69, 9.17) is 0 Å². The highest BCUT2D eigenvalue weighted by molar-refractivity contribution is 5.87. The molecule has 1 fully saturated rings. The van der Waals surface area contributed by atoms with Crippen molar-refractivity contribution in [1.82, 2.24) is 4.90 Å². The zero-order valence-corrected chi connectivity index (χ0v) is 13.0. The van der Waals surface area contributed by atoms with Crippen LogP contribution in [-0.2, 0) is 4.79 Å². The second-order valence-electron chi connectivity index (χ2n) is 7.16. The normalized spacial score (nSPS) is 20.9. The summed E-state index contributed by atoms with van der Waals surface area (Å²) in [4.78, 5) is 14.9. The largest absolute Gasteiger partial charge is 0.298 e. The summed E-state index contributed by atoms with van der Waals surface area (Å²) in [6.07, 6.45) is 6.37. The van der Waals surface area contributed by atoms with E-state index in [1.807, 2.05) is 0 Å². The topological polar surface area (TPSA) is 20.3 Å². The predicted molar refractivity (Wildman–Crippen MR) is 77.8 cm³/mol. The Balaban J connectivity index is 2.51. The van der Waals surface area contributed by atoms with Gasteiger partial charge in [-0.05, 0) is 57.5 Å². The molecule has 0 radical (unpaired) electrons. The molecule has 0 saturated carbocycles. The van der Waals surface area contributed by atoms with E-state index in [1.54, 1.807) is 0 Å². The molecule has 2 nitrogen and oxygen atoms in total. The molecule has 0 aromatic heterocycles.